The van der Waals surface area contributed by atoms with Gasteiger partial charge in [0.2, 0.25) is 0 Å². The molecule has 1 aliphatic heterocycles. The van der Waals surface area contributed by atoms with Crippen LogP contribution in [-0.2, 0) is 9.53 Å². The van der Waals surface area contributed by atoms with Gasteiger partial charge in [0.1, 0.15) is 6.10 Å². The monoisotopic (exact) mass is 232 g/mol. The number of hydrogen-bond donors (Lipinski definition) is 0. The number of ether oxygens (including phenoxy) is 1. The molecule has 2 nitrogen and oxygen atoms in total. The molecular formula is C15H20O2. The van der Waals surface area contributed by atoms with Crippen LogP contribution in [0, 0.1) is 17.3 Å². The van der Waals surface area contributed by atoms with Crippen molar-refractivity contribution in [2.75, 3.05) is 0 Å². The second-order valence-corrected chi connectivity index (χ2v) is 6.23. The molecule has 3 fully saturated rings. The number of hydrogen-bond acceptors (Lipinski definition) is 2. The molecule has 2 aliphatic carbocycles. The van der Waals surface area contributed by atoms with E-state index in [1.54, 1.807) is 0 Å². The Morgan fingerprint density at radius 2 is 2.18 bits per heavy atom. The Kier molecular flexibility index (Phi) is 2.26. The fourth-order valence-electron chi connectivity index (χ4n) is 4.12. The summed E-state index contributed by atoms with van der Waals surface area (Å²) >= 11 is 0. The first kappa shape index (κ1) is 11.1. The lowest BCUT2D eigenvalue weighted by Gasteiger charge is -2.49. The number of fused-ring (bicyclic) bond motifs is 2. The van der Waals surface area contributed by atoms with Crippen molar-refractivity contribution >= 4 is 5.97 Å². The Morgan fingerprint density at radius 3 is 2.94 bits per heavy atom. The van der Waals surface area contributed by atoms with Gasteiger partial charge in [0.05, 0.1) is 0 Å². The van der Waals surface area contributed by atoms with Crippen LogP contribution in [0.5, 0.6) is 0 Å². The van der Waals surface area contributed by atoms with E-state index in [-0.39, 0.29) is 18.0 Å². The fourth-order valence-corrected chi connectivity index (χ4v) is 4.12. The van der Waals surface area contributed by atoms with Crippen molar-refractivity contribution in [3.05, 3.63) is 24.3 Å². The summed E-state index contributed by atoms with van der Waals surface area (Å²) in [5.41, 5.74) is 2.36. The summed E-state index contributed by atoms with van der Waals surface area (Å²) in [6, 6.07) is 0. The Balaban J connectivity index is 1.91. The molecule has 1 heterocycles. The summed E-state index contributed by atoms with van der Waals surface area (Å²) in [5.74, 6) is 0.632. The lowest BCUT2D eigenvalue weighted by atomic mass is 9.56. The van der Waals surface area contributed by atoms with E-state index in [2.05, 4.69) is 20.1 Å². The van der Waals surface area contributed by atoms with E-state index in [0.717, 1.165) is 19.3 Å². The van der Waals surface area contributed by atoms with Gasteiger partial charge >= 0.3 is 5.97 Å². The molecule has 0 bridgehead atoms. The molecule has 4 atom stereocenters. The Labute approximate surface area is 103 Å². The number of allylic oxidation sites excluding steroid dienone is 1. The molecule has 0 N–H and O–H groups in total. The topological polar surface area (TPSA) is 26.3 Å². The van der Waals surface area contributed by atoms with Crippen molar-refractivity contribution in [2.45, 2.75) is 45.1 Å². The third kappa shape index (κ3) is 1.50. The Morgan fingerprint density at radius 1 is 1.41 bits per heavy atom. The summed E-state index contributed by atoms with van der Waals surface area (Å²) in [5, 5.41) is 0. The smallest absolute Gasteiger partial charge is 0.334 e. The zero-order valence-corrected chi connectivity index (χ0v) is 10.5. The molecule has 0 aromatic carbocycles. The van der Waals surface area contributed by atoms with Crippen LogP contribution in [0.4, 0.5) is 0 Å². The lowest BCUT2D eigenvalue weighted by molar-refractivity contribution is -0.142. The molecule has 1 saturated heterocycles. The highest BCUT2D eigenvalue weighted by Gasteiger charge is 2.52. The molecular weight excluding hydrogens is 212 g/mol. The molecule has 92 valence electrons. The van der Waals surface area contributed by atoms with Crippen LogP contribution in [0.1, 0.15) is 39.0 Å². The van der Waals surface area contributed by atoms with Crippen molar-refractivity contribution in [3.8, 4) is 0 Å². The SMILES string of the molecule is C=C1CCC[C@]2(C)C[C@H]3OC(=O)C(=C)[C@@H]3C[C@H]12. The second kappa shape index (κ2) is 3.47. The van der Waals surface area contributed by atoms with Gasteiger partial charge in [-0.25, -0.2) is 4.79 Å². The van der Waals surface area contributed by atoms with Crippen LogP contribution in [0.3, 0.4) is 0 Å². The van der Waals surface area contributed by atoms with Gasteiger partial charge in [-0.2, -0.15) is 0 Å². The second-order valence-electron chi connectivity index (χ2n) is 6.23. The first-order valence-electron chi connectivity index (χ1n) is 6.59. The normalized spacial score (nSPS) is 45.2. The van der Waals surface area contributed by atoms with Gasteiger partial charge in [0, 0.05) is 11.5 Å². The van der Waals surface area contributed by atoms with Crippen LogP contribution in [-0.4, -0.2) is 12.1 Å². The third-order valence-electron chi connectivity index (χ3n) is 5.15. The maximum Gasteiger partial charge on any atom is 0.334 e. The molecule has 0 spiro atoms. The fraction of sp³-hybridized carbons (Fsp3) is 0.667. The Hall–Kier alpha value is -1.05. The molecule has 0 unspecified atom stereocenters. The molecule has 0 amide bonds. The maximum absolute atomic E-state index is 11.6. The summed E-state index contributed by atoms with van der Waals surface area (Å²) in [6.07, 6.45) is 5.72. The van der Waals surface area contributed by atoms with Gasteiger partial charge in [0.25, 0.3) is 0 Å². The van der Waals surface area contributed by atoms with E-state index in [1.807, 2.05) is 0 Å². The predicted octanol–water partition coefficient (Wildman–Crippen LogP) is 3.24. The third-order valence-corrected chi connectivity index (χ3v) is 5.15. The van der Waals surface area contributed by atoms with Gasteiger partial charge in [0.15, 0.2) is 0 Å². The van der Waals surface area contributed by atoms with Gasteiger partial charge in [-0.05, 0) is 43.4 Å². The largest absolute Gasteiger partial charge is 0.458 e. The Bertz CT molecular complexity index is 409. The van der Waals surface area contributed by atoms with Crippen LogP contribution < -0.4 is 0 Å². The quantitative estimate of drug-likeness (QED) is 0.364. The van der Waals surface area contributed by atoms with E-state index in [0.29, 0.717) is 16.9 Å². The lowest BCUT2D eigenvalue weighted by Crippen LogP contribution is -2.43. The van der Waals surface area contributed by atoms with Gasteiger partial charge in [-0.15, -0.1) is 0 Å². The molecule has 0 radical (unpaired) electrons. The van der Waals surface area contributed by atoms with Crippen molar-refractivity contribution in [1.82, 2.24) is 0 Å². The predicted molar refractivity (Wildman–Crippen MR) is 66.3 cm³/mol. The number of carbonyl (C=O) groups excluding carboxylic acids is 1. The number of carbonyl (C=O) groups is 1. The van der Waals surface area contributed by atoms with Crippen molar-refractivity contribution < 1.29 is 9.53 Å². The van der Waals surface area contributed by atoms with E-state index in [9.17, 15) is 4.79 Å². The van der Waals surface area contributed by atoms with Crippen LogP contribution >= 0.6 is 0 Å². The zero-order valence-electron chi connectivity index (χ0n) is 10.5. The van der Waals surface area contributed by atoms with E-state index < -0.39 is 0 Å². The first-order chi connectivity index (χ1) is 8.01. The van der Waals surface area contributed by atoms with E-state index in [4.69, 9.17) is 4.74 Å². The zero-order chi connectivity index (χ0) is 12.2. The molecule has 17 heavy (non-hydrogen) atoms. The summed E-state index contributed by atoms with van der Waals surface area (Å²) < 4.78 is 5.46. The van der Waals surface area contributed by atoms with Gasteiger partial charge < -0.3 is 4.74 Å². The molecule has 0 aromatic rings. The minimum Gasteiger partial charge on any atom is -0.458 e. The van der Waals surface area contributed by atoms with Gasteiger partial charge in [-0.3, -0.25) is 0 Å². The van der Waals surface area contributed by atoms with Crippen LogP contribution in [0.2, 0.25) is 0 Å². The average molecular weight is 232 g/mol. The van der Waals surface area contributed by atoms with Crippen molar-refractivity contribution in [1.29, 1.82) is 0 Å². The first-order valence-corrected chi connectivity index (χ1v) is 6.59. The highest BCUT2D eigenvalue weighted by Crippen LogP contribution is 2.56. The van der Waals surface area contributed by atoms with E-state index >= 15 is 0 Å². The maximum atomic E-state index is 11.6. The minimum absolute atomic E-state index is 0.0853. The average Bonchev–Trinajstić information content (AvgIpc) is 2.52. The van der Waals surface area contributed by atoms with Crippen molar-refractivity contribution in [3.63, 3.8) is 0 Å². The van der Waals surface area contributed by atoms with Crippen LogP contribution in [0.25, 0.3) is 0 Å². The van der Waals surface area contributed by atoms with Crippen molar-refractivity contribution in [2.24, 2.45) is 17.3 Å². The summed E-state index contributed by atoms with van der Waals surface area (Å²) in [6.45, 7) is 10.5. The molecule has 2 saturated carbocycles. The summed E-state index contributed by atoms with van der Waals surface area (Å²) in [7, 11) is 0. The highest BCUT2D eigenvalue weighted by molar-refractivity contribution is 5.90. The van der Waals surface area contributed by atoms with E-state index in [1.165, 1.54) is 18.4 Å². The standard InChI is InChI=1S/C15H20O2/c1-9-5-4-6-15(3)8-13-11(7-12(9)15)10(2)14(16)17-13/h11-13H,1-2,4-8H2,3H3/t11-,12+,13+,15+/m0/s1. The van der Waals surface area contributed by atoms with Crippen LogP contribution in [0.15, 0.2) is 24.3 Å². The number of esters is 1. The molecule has 2 heteroatoms. The molecule has 3 rings (SSSR count). The summed E-state index contributed by atoms with van der Waals surface area (Å²) in [4.78, 5) is 11.6. The molecule has 0 aromatic heterocycles. The van der Waals surface area contributed by atoms with Gasteiger partial charge in [-0.1, -0.05) is 25.7 Å². The molecule has 3 aliphatic rings. The highest BCUT2D eigenvalue weighted by atomic mass is 16.6. The number of rotatable bonds is 0. The minimum atomic E-state index is -0.173.